The van der Waals surface area contributed by atoms with E-state index in [0.29, 0.717) is 21.8 Å². The number of para-hydroxylation sites is 2. The third-order valence-corrected chi connectivity index (χ3v) is 5.46. The van der Waals surface area contributed by atoms with E-state index in [0.717, 1.165) is 11.3 Å². The summed E-state index contributed by atoms with van der Waals surface area (Å²) in [6.07, 6.45) is 0. The maximum absolute atomic E-state index is 13.3. The van der Waals surface area contributed by atoms with Crippen LogP contribution in [-0.2, 0) is 4.79 Å². The predicted molar refractivity (Wildman–Crippen MR) is 115 cm³/mol. The van der Waals surface area contributed by atoms with Gasteiger partial charge in [0.25, 0.3) is 5.56 Å². The quantitative estimate of drug-likeness (QED) is 0.515. The Balaban J connectivity index is 1.93. The Hall–Kier alpha value is -3.13. The maximum atomic E-state index is 13.3. The zero-order chi connectivity index (χ0) is 20.5. The molecule has 0 radical (unpaired) electrons. The summed E-state index contributed by atoms with van der Waals surface area (Å²) in [6.45, 7) is 5.79. The van der Waals surface area contributed by atoms with Gasteiger partial charge in [-0.05, 0) is 44.5 Å². The molecular weight excluding hydrogens is 386 g/mol. The van der Waals surface area contributed by atoms with E-state index in [1.165, 1.54) is 11.8 Å². The summed E-state index contributed by atoms with van der Waals surface area (Å²) in [5.74, 6) is 0.574. The summed E-state index contributed by atoms with van der Waals surface area (Å²) >= 11 is 1.30. The highest BCUT2D eigenvalue weighted by molar-refractivity contribution is 7.99. The third kappa shape index (κ3) is 3.51. The molecule has 0 aliphatic heterocycles. The van der Waals surface area contributed by atoms with Crippen LogP contribution in [0.5, 0.6) is 0 Å². The highest BCUT2D eigenvalue weighted by Gasteiger charge is 2.19. The number of hydrogen-bond acceptors (Lipinski definition) is 5. The van der Waals surface area contributed by atoms with E-state index >= 15 is 0 Å². The van der Waals surface area contributed by atoms with Crippen molar-refractivity contribution >= 4 is 34.3 Å². The number of carbonyl (C=O) groups excluding carboxylic acids is 1. The van der Waals surface area contributed by atoms with Crippen LogP contribution >= 0.6 is 11.8 Å². The number of aromatic nitrogens is 4. The van der Waals surface area contributed by atoms with Crippen molar-refractivity contribution in [1.82, 2.24) is 24.5 Å². The maximum Gasteiger partial charge on any atom is 0.267 e. The van der Waals surface area contributed by atoms with Crippen molar-refractivity contribution in [2.45, 2.75) is 32.0 Å². The average Bonchev–Trinajstić information content (AvgIpc) is 3.11. The molecule has 8 heteroatoms. The van der Waals surface area contributed by atoms with Gasteiger partial charge in [-0.25, -0.2) is 4.57 Å². The molecule has 29 heavy (non-hydrogen) atoms. The van der Waals surface area contributed by atoms with Crippen LogP contribution in [0, 0.1) is 6.92 Å². The zero-order valence-electron chi connectivity index (χ0n) is 16.4. The Kier molecular flexibility index (Phi) is 5.10. The fourth-order valence-electron chi connectivity index (χ4n) is 3.30. The number of nitrogens with zero attached hydrogens (tertiary/aromatic N) is 4. The van der Waals surface area contributed by atoms with E-state index in [1.807, 2.05) is 67.6 Å². The third-order valence-electron chi connectivity index (χ3n) is 4.53. The number of amides is 1. The van der Waals surface area contributed by atoms with Crippen LogP contribution in [0.25, 0.3) is 22.4 Å². The first kappa shape index (κ1) is 19.2. The molecule has 0 unspecified atom stereocenters. The minimum atomic E-state index is -0.149. The summed E-state index contributed by atoms with van der Waals surface area (Å²) in [6, 6.07) is 15.1. The molecule has 0 aliphatic carbocycles. The smallest absolute Gasteiger partial charge is 0.267 e. The minimum absolute atomic E-state index is 0.0710. The summed E-state index contributed by atoms with van der Waals surface area (Å²) in [5, 5.41) is 12.6. The predicted octanol–water partition coefficient (Wildman–Crippen LogP) is 2.96. The van der Waals surface area contributed by atoms with E-state index in [9.17, 15) is 9.59 Å². The SMILES string of the molecule is Cc1ccccc1-n1c(=O)c2ccccc2n2c(SCC(=O)NC(C)C)nnc12. The fraction of sp³-hybridized carbons (Fsp3) is 0.238. The van der Waals surface area contributed by atoms with Gasteiger partial charge in [0.05, 0.1) is 22.3 Å². The van der Waals surface area contributed by atoms with Crippen LogP contribution in [0.15, 0.2) is 58.5 Å². The summed E-state index contributed by atoms with van der Waals surface area (Å²) in [4.78, 5) is 25.4. The van der Waals surface area contributed by atoms with Gasteiger partial charge in [0.15, 0.2) is 5.16 Å². The van der Waals surface area contributed by atoms with E-state index in [4.69, 9.17) is 0 Å². The average molecular weight is 407 g/mol. The van der Waals surface area contributed by atoms with Gasteiger partial charge in [-0.15, -0.1) is 10.2 Å². The Morgan fingerprint density at radius 1 is 1.10 bits per heavy atom. The molecule has 2 aromatic heterocycles. The monoisotopic (exact) mass is 407 g/mol. The zero-order valence-corrected chi connectivity index (χ0v) is 17.2. The molecule has 2 heterocycles. The number of thioether (sulfide) groups is 1. The van der Waals surface area contributed by atoms with Crippen molar-refractivity contribution in [2.24, 2.45) is 0 Å². The lowest BCUT2D eigenvalue weighted by molar-refractivity contribution is -0.119. The second-order valence-corrected chi connectivity index (χ2v) is 8.02. The van der Waals surface area contributed by atoms with Crippen molar-refractivity contribution in [3.05, 3.63) is 64.4 Å². The minimum Gasteiger partial charge on any atom is -0.353 e. The molecule has 0 fully saturated rings. The van der Waals surface area contributed by atoms with E-state index in [-0.39, 0.29) is 23.3 Å². The molecule has 1 amide bonds. The van der Waals surface area contributed by atoms with Crippen molar-refractivity contribution < 1.29 is 4.79 Å². The molecule has 0 bridgehead atoms. The van der Waals surface area contributed by atoms with Gasteiger partial charge in [0.2, 0.25) is 11.7 Å². The molecule has 4 rings (SSSR count). The van der Waals surface area contributed by atoms with Crippen molar-refractivity contribution in [3.63, 3.8) is 0 Å². The van der Waals surface area contributed by atoms with Crippen molar-refractivity contribution in [3.8, 4) is 5.69 Å². The van der Waals surface area contributed by atoms with Crippen LogP contribution in [0.2, 0.25) is 0 Å². The number of fused-ring (bicyclic) bond motifs is 3. The van der Waals surface area contributed by atoms with E-state index in [2.05, 4.69) is 15.5 Å². The van der Waals surface area contributed by atoms with Gasteiger partial charge >= 0.3 is 0 Å². The Bertz CT molecular complexity index is 1280. The largest absolute Gasteiger partial charge is 0.353 e. The van der Waals surface area contributed by atoms with Crippen molar-refractivity contribution in [1.29, 1.82) is 0 Å². The molecule has 0 saturated carbocycles. The van der Waals surface area contributed by atoms with Gasteiger partial charge in [0.1, 0.15) is 0 Å². The summed E-state index contributed by atoms with van der Waals surface area (Å²) in [5.41, 5.74) is 2.29. The number of rotatable bonds is 5. The van der Waals surface area contributed by atoms with Gasteiger partial charge < -0.3 is 5.32 Å². The van der Waals surface area contributed by atoms with Crippen LogP contribution in [0.4, 0.5) is 0 Å². The lowest BCUT2D eigenvalue weighted by Gasteiger charge is -2.13. The standard InChI is InChI=1S/C21H21N5O2S/c1-13(2)22-18(27)12-29-21-24-23-20-25(16-10-6-4-8-14(16)3)19(28)15-9-5-7-11-17(15)26(20)21/h4-11,13H,12H2,1-3H3,(H,22,27). The first-order valence-electron chi connectivity index (χ1n) is 9.34. The van der Waals surface area contributed by atoms with Crippen LogP contribution < -0.4 is 10.9 Å². The number of benzene rings is 2. The number of hydrogen-bond donors (Lipinski definition) is 1. The van der Waals surface area contributed by atoms with Gasteiger partial charge in [0, 0.05) is 6.04 Å². The van der Waals surface area contributed by atoms with Crippen LogP contribution in [-0.4, -0.2) is 36.9 Å². The molecular formula is C21H21N5O2S. The normalized spacial score (nSPS) is 11.4. The molecule has 2 aromatic carbocycles. The number of nitrogens with one attached hydrogen (secondary N) is 1. The molecule has 7 nitrogen and oxygen atoms in total. The molecule has 0 atom stereocenters. The molecule has 0 saturated heterocycles. The summed E-state index contributed by atoms with van der Waals surface area (Å²) < 4.78 is 3.43. The van der Waals surface area contributed by atoms with Gasteiger partial charge in [-0.3, -0.25) is 14.0 Å². The highest BCUT2D eigenvalue weighted by Crippen LogP contribution is 2.24. The van der Waals surface area contributed by atoms with Crippen LogP contribution in [0.1, 0.15) is 19.4 Å². The van der Waals surface area contributed by atoms with Crippen LogP contribution in [0.3, 0.4) is 0 Å². The topological polar surface area (TPSA) is 81.3 Å². The van der Waals surface area contributed by atoms with Gasteiger partial charge in [-0.2, -0.15) is 0 Å². The molecule has 4 aromatic rings. The summed E-state index contributed by atoms with van der Waals surface area (Å²) in [7, 11) is 0. The number of carbonyl (C=O) groups is 1. The van der Waals surface area contributed by atoms with E-state index in [1.54, 1.807) is 10.6 Å². The second kappa shape index (κ2) is 7.71. The molecule has 1 N–H and O–H groups in total. The lowest BCUT2D eigenvalue weighted by atomic mass is 10.2. The van der Waals surface area contributed by atoms with Gasteiger partial charge in [-0.1, -0.05) is 42.1 Å². The highest BCUT2D eigenvalue weighted by atomic mass is 32.2. The molecule has 0 spiro atoms. The molecule has 148 valence electrons. The second-order valence-electron chi connectivity index (χ2n) is 7.07. The fourth-order valence-corrected chi connectivity index (χ4v) is 4.05. The Labute approximate surface area is 171 Å². The lowest BCUT2D eigenvalue weighted by Crippen LogP contribution is -2.31. The van der Waals surface area contributed by atoms with Crippen molar-refractivity contribution in [2.75, 3.05) is 5.75 Å². The Morgan fingerprint density at radius 2 is 1.83 bits per heavy atom. The molecule has 0 aliphatic rings. The first-order chi connectivity index (χ1) is 14.0. The van der Waals surface area contributed by atoms with E-state index < -0.39 is 0 Å². The Morgan fingerprint density at radius 3 is 2.59 bits per heavy atom. The first-order valence-corrected chi connectivity index (χ1v) is 10.3. The number of aryl methyl sites for hydroxylation is 1.